The van der Waals surface area contributed by atoms with Gasteiger partial charge in [0, 0.05) is 19.3 Å². The minimum Gasteiger partial charge on any atom is -0.382 e. The molecular weight excluding hydrogens is 150 g/mol. The standard InChI is InChI=1S/C10H23NO/c1-6-12-8-7-9(11-5)10(2,3)4/h9,11H,6-8H2,1-5H3. The molecule has 0 rings (SSSR count). The van der Waals surface area contributed by atoms with Crippen molar-refractivity contribution in [1.29, 1.82) is 0 Å². The van der Waals surface area contributed by atoms with E-state index in [1.807, 2.05) is 14.0 Å². The third-order valence-electron chi connectivity index (χ3n) is 2.15. The maximum Gasteiger partial charge on any atom is 0.0480 e. The lowest BCUT2D eigenvalue weighted by molar-refractivity contribution is 0.120. The zero-order valence-electron chi connectivity index (χ0n) is 9.11. The lowest BCUT2D eigenvalue weighted by Crippen LogP contribution is -2.38. The number of ether oxygens (including phenoxy) is 1. The molecular formula is C10H23NO. The quantitative estimate of drug-likeness (QED) is 0.642. The molecule has 0 heterocycles. The molecule has 0 aromatic rings. The molecule has 1 N–H and O–H groups in total. The van der Waals surface area contributed by atoms with Gasteiger partial charge in [0.15, 0.2) is 0 Å². The number of hydrogen-bond donors (Lipinski definition) is 1. The first kappa shape index (κ1) is 11.9. The number of rotatable bonds is 5. The van der Waals surface area contributed by atoms with Crippen LogP contribution in [0, 0.1) is 5.41 Å². The van der Waals surface area contributed by atoms with Crippen LogP contribution in [-0.2, 0) is 4.74 Å². The predicted octanol–water partition coefficient (Wildman–Crippen LogP) is 2.05. The van der Waals surface area contributed by atoms with Crippen molar-refractivity contribution in [1.82, 2.24) is 5.32 Å². The SMILES string of the molecule is CCOCCC(NC)C(C)(C)C. The molecule has 0 aromatic carbocycles. The van der Waals surface area contributed by atoms with E-state index in [-0.39, 0.29) is 0 Å². The minimum atomic E-state index is 0.325. The van der Waals surface area contributed by atoms with Gasteiger partial charge in [-0.25, -0.2) is 0 Å². The molecule has 1 atom stereocenters. The van der Waals surface area contributed by atoms with Gasteiger partial charge in [0.1, 0.15) is 0 Å². The molecule has 0 amide bonds. The molecule has 0 aliphatic rings. The van der Waals surface area contributed by atoms with Gasteiger partial charge in [0.05, 0.1) is 0 Å². The first-order valence-electron chi connectivity index (χ1n) is 4.77. The van der Waals surface area contributed by atoms with Crippen molar-refractivity contribution in [2.24, 2.45) is 5.41 Å². The summed E-state index contributed by atoms with van der Waals surface area (Å²) in [6, 6.07) is 0.545. The summed E-state index contributed by atoms with van der Waals surface area (Å²) in [5.74, 6) is 0. The molecule has 1 unspecified atom stereocenters. The molecule has 12 heavy (non-hydrogen) atoms. The Morgan fingerprint density at radius 1 is 1.33 bits per heavy atom. The lowest BCUT2D eigenvalue weighted by atomic mass is 9.85. The van der Waals surface area contributed by atoms with E-state index in [0.29, 0.717) is 11.5 Å². The first-order chi connectivity index (χ1) is 5.52. The van der Waals surface area contributed by atoms with Crippen LogP contribution in [0.2, 0.25) is 0 Å². The second kappa shape index (κ2) is 5.55. The molecule has 0 aliphatic carbocycles. The monoisotopic (exact) mass is 173 g/mol. The van der Waals surface area contributed by atoms with Crippen molar-refractivity contribution in [2.75, 3.05) is 20.3 Å². The van der Waals surface area contributed by atoms with E-state index in [1.54, 1.807) is 0 Å². The van der Waals surface area contributed by atoms with Gasteiger partial charge in [-0.1, -0.05) is 20.8 Å². The van der Waals surface area contributed by atoms with Crippen LogP contribution in [-0.4, -0.2) is 26.3 Å². The van der Waals surface area contributed by atoms with Crippen molar-refractivity contribution in [3.63, 3.8) is 0 Å². The first-order valence-corrected chi connectivity index (χ1v) is 4.77. The van der Waals surface area contributed by atoms with Gasteiger partial charge in [0.2, 0.25) is 0 Å². The Labute approximate surface area is 76.7 Å². The molecule has 74 valence electrons. The fourth-order valence-corrected chi connectivity index (χ4v) is 1.36. The molecule has 0 aliphatic heterocycles. The molecule has 2 nitrogen and oxygen atoms in total. The Hall–Kier alpha value is -0.0800. The zero-order chi connectivity index (χ0) is 9.61. The van der Waals surface area contributed by atoms with E-state index in [0.717, 1.165) is 19.6 Å². The van der Waals surface area contributed by atoms with Crippen LogP contribution in [0.1, 0.15) is 34.1 Å². The topological polar surface area (TPSA) is 21.3 Å². The van der Waals surface area contributed by atoms with Crippen LogP contribution in [0.15, 0.2) is 0 Å². The molecule has 0 bridgehead atoms. The van der Waals surface area contributed by atoms with Crippen LogP contribution in [0.4, 0.5) is 0 Å². The fourth-order valence-electron chi connectivity index (χ4n) is 1.36. The molecule has 0 spiro atoms. The minimum absolute atomic E-state index is 0.325. The van der Waals surface area contributed by atoms with E-state index >= 15 is 0 Å². The maximum atomic E-state index is 5.32. The Balaban J connectivity index is 3.68. The molecule has 2 heteroatoms. The highest BCUT2D eigenvalue weighted by molar-refractivity contribution is 4.78. The Morgan fingerprint density at radius 3 is 2.25 bits per heavy atom. The van der Waals surface area contributed by atoms with Crippen molar-refractivity contribution < 1.29 is 4.74 Å². The van der Waals surface area contributed by atoms with E-state index in [4.69, 9.17) is 4.74 Å². The second-order valence-electron chi connectivity index (χ2n) is 4.19. The Morgan fingerprint density at radius 2 is 1.92 bits per heavy atom. The summed E-state index contributed by atoms with van der Waals surface area (Å²) >= 11 is 0. The van der Waals surface area contributed by atoms with Gasteiger partial charge in [0.25, 0.3) is 0 Å². The smallest absolute Gasteiger partial charge is 0.0480 e. The molecule has 0 aromatic heterocycles. The summed E-state index contributed by atoms with van der Waals surface area (Å²) in [5, 5.41) is 3.32. The average molecular weight is 173 g/mol. The highest BCUT2D eigenvalue weighted by Crippen LogP contribution is 2.21. The van der Waals surface area contributed by atoms with Gasteiger partial charge >= 0.3 is 0 Å². The molecule has 0 fully saturated rings. The number of nitrogens with one attached hydrogen (secondary N) is 1. The van der Waals surface area contributed by atoms with E-state index < -0.39 is 0 Å². The summed E-state index contributed by atoms with van der Waals surface area (Å²) in [5.41, 5.74) is 0.325. The third-order valence-corrected chi connectivity index (χ3v) is 2.15. The van der Waals surface area contributed by atoms with Crippen LogP contribution >= 0.6 is 0 Å². The lowest BCUT2D eigenvalue weighted by Gasteiger charge is -2.30. The van der Waals surface area contributed by atoms with Gasteiger partial charge in [-0.05, 0) is 25.8 Å². The zero-order valence-corrected chi connectivity index (χ0v) is 9.11. The summed E-state index contributed by atoms with van der Waals surface area (Å²) in [6.07, 6.45) is 1.09. The van der Waals surface area contributed by atoms with Gasteiger partial charge in [-0.3, -0.25) is 0 Å². The molecule has 0 saturated heterocycles. The summed E-state index contributed by atoms with van der Waals surface area (Å²) in [6.45, 7) is 10.5. The second-order valence-corrected chi connectivity index (χ2v) is 4.19. The van der Waals surface area contributed by atoms with E-state index in [2.05, 4.69) is 26.1 Å². The summed E-state index contributed by atoms with van der Waals surface area (Å²) in [4.78, 5) is 0. The van der Waals surface area contributed by atoms with Crippen molar-refractivity contribution in [2.45, 2.75) is 40.2 Å². The van der Waals surface area contributed by atoms with Crippen LogP contribution < -0.4 is 5.32 Å². The van der Waals surface area contributed by atoms with Crippen molar-refractivity contribution in [3.8, 4) is 0 Å². The van der Waals surface area contributed by atoms with Crippen LogP contribution in [0.25, 0.3) is 0 Å². The summed E-state index contributed by atoms with van der Waals surface area (Å²) in [7, 11) is 2.02. The van der Waals surface area contributed by atoms with Crippen LogP contribution in [0.5, 0.6) is 0 Å². The van der Waals surface area contributed by atoms with Crippen molar-refractivity contribution in [3.05, 3.63) is 0 Å². The largest absolute Gasteiger partial charge is 0.382 e. The fraction of sp³-hybridized carbons (Fsp3) is 1.00. The maximum absolute atomic E-state index is 5.32. The molecule has 0 radical (unpaired) electrons. The Bertz CT molecular complexity index is 107. The van der Waals surface area contributed by atoms with E-state index in [1.165, 1.54) is 0 Å². The van der Waals surface area contributed by atoms with Gasteiger partial charge in [-0.15, -0.1) is 0 Å². The highest BCUT2D eigenvalue weighted by Gasteiger charge is 2.21. The van der Waals surface area contributed by atoms with E-state index in [9.17, 15) is 0 Å². The Kier molecular flexibility index (Phi) is 5.51. The predicted molar refractivity (Wildman–Crippen MR) is 53.4 cm³/mol. The van der Waals surface area contributed by atoms with Gasteiger partial charge < -0.3 is 10.1 Å². The average Bonchev–Trinajstić information content (AvgIpc) is 1.95. The highest BCUT2D eigenvalue weighted by atomic mass is 16.5. The summed E-state index contributed by atoms with van der Waals surface area (Å²) < 4.78 is 5.32. The van der Waals surface area contributed by atoms with Gasteiger partial charge in [-0.2, -0.15) is 0 Å². The normalized spacial score (nSPS) is 14.8. The number of hydrogen-bond acceptors (Lipinski definition) is 2. The molecule has 0 saturated carbocycles. The third kappa shape index (κ3) is 4.73. The van der Waals surface area contributed by atoms with Crippen molar-refractivity contribution >= 4 is 0 Å². The van der Waals surface area contributed by atoms with Crippen LogP contribution in [0.3, 0.4) is 0 Å².